The van der Waals surface area contributed by atoms with Crippen LogP contribution in [0, 0.1) is 6.92 Å². The number of rotatable bonds is 3. The van der Waals surface area contributed by atoms with Gasteiger partial charge in [-0.05, 0) is 31.6 Å². The van der Waals surface area contributed by atoms with Crippen LogP contribution in [-0.4, -0.2) is 23.4 Å². The maximum atomic E-state index is 11.9. The van der Waals surface area contributed by atoms with Crippen molar-refractivity contribution in [3.8, 4) is 0 Å². The third-order valence-electron chi connectivity index (χ3n) is 2.46. The molecule has 0 unspecified atom stereocenters. The molecule has 1 aromatic heterocycles. The van der Waals surface area contributed by atoms with Crippen LogP contribution < -0.4 is 5.32 Å². The molecular weight excluding hydrogens is 236 g/mol. The van der Waals surface area contributed by atoms with Gasteiger partial charge in [-0.2, -0.15) is 0 Å². The number of amides is 3. The van der Waals surface area contributed by atoms with Gasteiger partial charge in [0.2, 0.25) is 0 Å². The molecule has 2 rings (SSSR count). The molecule has 4 nitrogen and oxygen atoms in total. The zero-order chi connectivity index (χ0) is 12.4. The molecular formula is C12H14N2O2S. The van der Waals surface area contributed by atoms with E-state index in [0.717, 1.165) is 11.3 Å². The van der Waals surface area contributed by atoms with Gasteiger partial charge in [-0.25, -0.2) is 4.79 Å². The quantitative estimate of drug-likeness (QED) is 0.661. The van der Waals surface area contributed by atoms with Crippen molar-refractivity contribution in [2.24, 2.45) is 0 Å². The first-order chi connectivity index (χ1) is 8.11. The number of hydrogen-bond acceptors (Lipinski definition) is 3. The Morgan fingerprint density at radius 2 is 2.18 bits per heavy atom. The molecule has 1 aliphatic heterocycles. The summed E-state index contributed by atoms with van der Waals surface area (Å²) in [5.41, 5.74) is 0.366. The third-order valence-corrected chi connectivity index (χ3v) is 3.40. The van der Waals surface area contributed by atoms with Gasteiger partial charge in [0, 0.05) is 16.3 Å². The molecule has 17 heavy (non-hydrogen) atoms. The van der Waals surface area contributed by atoms with Gasteiger partial charge >= 0.3 is 6.03 Å². The predicted molar refractivity (Wildman–Crippen MR) is 67.6 cm³/mol. The van der Waals surface area contributed by atoms with E-state index in [9.17, 15) is 9.59 Å². The number of imide groups is 1. The largest absolute Gasteiger partial charge is 0.329 e. The Kier molecular flexibility index (Phi) is 3.28. The van der Waals surface area contributed by atoms with Crippen molar-refractivity contribution in [1.82, 2.24) is 10.2 Å². The van der Waals surface area contributed by atoms with Gasteiger partial charge in [0.1, 0.15) is 5.70 Å². The van der Waals surface area contributed by atoms with Crippen molar-refractivity contribution in [3.05, 3.63) is 27.6 Å². The van der Waals surface area contributed by atoms with E-state index in [4.69, 9.17) is 0 Å². The molecule has 0 radical (unpaired) electrons. The molecule has 1 aliphatic rings. The number of hydrogen-bond donors (Lipinski definition) is 1. The Balaban J connectivity index is 2.21. The maximum Gasteiger partial charge on any atom is 0.329 e. The fourth-order valence-corrected chi connectivity index (χ4v) is 2.49. The molecule has 0 aromatic carbocycles. The molecule has 0 atom stereocenters. The number of urea groups is 1. The monoisotopic (exact) mass is 250 g/mol. The fourth-order valence-electron chi connectivity index (χ4n) is 1.67. The van der Waals surface area contributed by atoms with E-state index in [1.165, 1.54) is 9.78 Å². The lowest BCUT2D eigenvalue weighted by Crippen LogP contribution is -2.31. The normalized spacial score (nSPS) is 18.0. The Bertz CT molecular complexity index is 490. The first kappa shape index (κ1) is 11.9. The zero-order valence-electron chi connectivity index (χ0n) is 9.82. The van der Waals surface area contributed by atoms with Gasteiger partial charge in [-0.15, -0.1) is 11.3 Å². The highest BCUT2D eigenvalue weighted by atomic mass is 32.1. The minimum Gasteiger partial charge on any atom is -0.303 e. The molecule has 0 aliphatic carbocycles. The van der Waals surface area contributed by atoms with Crippen molar-refractivity contribution in [1.29, 1.82) is 0 Å². The van der Waals surface area contributed by atoms with Gasteiger partial charge < -0.3 is 5.32 Å². The lowest BCUT2D eigenvalue weighted by atomic mass is 10.3. The second-order valence-electron chi connectivity index (χ2n) is 3.89. The summed E-state index contributed by atoms with van der Waals surface area (Å²) in [6, 6.07) is 3.60. The number of nitrogens with one attached hydrogen (secondary N) is 1. The van der Waals surface area contributed by atoms with Crippen molar-refractivity contribution in [3.63, 3.8) is 0 Å². The molecule has 2 heterocycles. The van der Waals surface area contributed by atoms with Gasteiger partial charge in [0.25, 0.3) is 5.91 Å². The Morgan fingerprint density at radius 1 is 1.41 bits per heavy atom. The topological polar surface area (TPSA) is 49.4 Å². The zero-order valence-corrected chi connectivity index (χ0v) is 10.6. The summed E-state index contributed by atoms with van der Waals surface area (Å²) in [4.78, 5) is 26.8. The molecule has 0 bridgehead atoms. The average Bonchev–Trinajstić information content (AvgIpc) is 2.79. The SMILES string of the molecule is CCCN1C(=O)N/C(=C/c2ccc(C)s2)C1=O. The highest BCUT2D eigenvalue weighted by Gasteiger charge is 2.32. The van der Waals surface area contributed by atoms with Crippen molar-refractivity contribution in [2.45, 2.75) is 20.3 Å². The standard InChI is InChI=1S/C12H14N2O2S/c1-3-6-14-11(15)10(13-12(14)16)7-9-5-4-8(2)17-9/h4-5,7H,3,6H2,1-2H3,(H,13,16)/b10-7+. The van der Waals surface area contributed by atoms with Gasteiger partial charge in [0.05, 0.1) is 0 Å². The third kappa shape index (κ3) is 2.39. The van der Waals surface area contributed by atoms with E-state index in [0.29, 0.717) is 12.2 Å². The molecule has 1 aromatic rings. The number of nitrogens with zero attached hydrogens (tertiary/aromatic N) is 1. The van der Waals surface area contributed by atoms with Crippen LogP contribution in [-0.2, 0) is 4.79 Å². The second-order valence-corrected chi connectivity index (χ2v) is 5.21. The van der Waals surface area contributed by atoms with E-state index < -0.39 is 0 Å². The molecule has 0 saturated carbocycles. The summed E-state index contributed by atoms with van der Waals surface area (Å²) in [6.07, 6.45) is 2.50. The summed E-state index contributed by atoms with van der Waals surface area (Å²) in [5, 5.41) is 2.60. The van der Waals surface area contributed by atoms with Crippen molar-refractivity contribution < 1.29 is 9.59 Å². The molecule has 5 heteroatoms. The second kappa shape index (κ2) is 4.71. The van der Waals surface area contributed by atoms with E-state index in [2.05, 4.69) is 5.32 Å². The summed E-state index contributed by atoms with van der Waals surface area (Å²) in [5.74, 6) is -0.233. The Labute approximate surface area is 104 Å². The molecule has 0 spiro atoms. The van der Waals surface area contributed by atoms with Crippen LogP contribution in [0.25, 0.3) is 6.08 Å². The molecule has 1 fully saturated rings. The smallest absolute Gasteiger partial charge is 0.303 e. The Hall–Kier alpha value is -1.62. The first-order valence-corrected chi connectivity index (χ1v) is 6.34. The maximum absolute atomic E-state index is 11.9. The Morgan fingerprint density at radius 3 is 2.76 bits per heavy atom. The van der Waals surface area contributed by atoms with Gasteiger partial charge in [0.15, 0.2) is 0 Å². The molecule has 90 valence electrons. The lowest BCUT2D eigenvalue weighted by Gasteiger charge is -2.08. The summed E-state index contributed by atoms with van der Waals surface area (Å²) in [7, 11) is 0. The minimum atomic E-state index is -0.323. The van der Waals surface area contributed by atoms with Crippen LogP contribution in [0.2, 0.25) is 0 Å². The van der Waals surface area contributed by atoms with E-state index in [1.54, 1.807) is 17.4 Å². The van der Waals surface area contributed by atoms with Gasteiger partial charge in [-0.1, -0.05) is 6.92 Å². The summed E-state index contributed by atoms with van der Waals surface area (Å²) < 4.78 is 0. The van der Waals surface area contributed by atoms with Crippen LogP contribution in [0.5, 0.6) is 0 Å². The predicted octanol–water partition coefficient (Wildman–Crippen LogP) is 2.36. The van der Waals surface area contributed by atoms with Crippen LogP contribution in [0.15, 0.2) is 17.8 Å². The van der Waals surface area contributed by atoms with Gasteiger partial charge in [-0.3, -0.25) is 9.69 Å². The highest BCUT2D eigenvalue weighted by molar-refractivity contribution is 7.12. The first-order valence-electron chi connectivity index (χ1n) is 5.53. The van der Waals surface area contributed by atoms with Crippen LogP contribution >= 0.6 is 11.3 Å². The van der Waals surface area contributed by atoms with Crippen molar-refractivity contribution in [2.75, 3.05) is 6.54 Å². The number of carbonyl (C=O) groups is 2. The molecule has 1 N–H and O–H groups in total. The molecule has 3 amide bonds. The minimum absolute atomic E-state index is 0.233. The van der Waals surface area contributed by atoms with E-state index in [-0.39, 0.29) is 11.9 Å². The van der Waals surface area contributed by atoms with Crippen molar-refractivity contribution >= 4 is 29.4 Å². The lowest BCUT2D eigenvalue weighted by molar-refractivity contribution is -0.122. The van der Waals surface area contributed by atoms with Crippen LogP contribution in [0.4, 0.5) is 4.79 Å². The number of carbonyl (C=O) groups excluding carboxylic acids is 2. The summed E-state index contributed by atoms with van der Waals surface area (Å²) in [6.45, 7) is 4.40. The number of thiophene rings is 1. The van der Waals surface area contributed by atoms with E-state index in [1.807, 2.05) is 26.0 Å². The number of aryl methyl sites for hydroxylation is 1. The molecule has 1 saturated heterocycles. The average molecular weight is 250 g/mol. The van der Waals surface area contributed by atoms with Crippen LogP contribution in [0.3, 0.4) is 0 Å². The highest BCUT2D eigenvalue weighted by Crippen LogP contribution is 2.20. The van der Waals surface area contributed by atoms with E-state index >= 15 is 0 Å². The van der Waals surface area contributed by atoms with Crippen LogP contribution in [0.1, 0.15) is 23.1 Å². The fraction of sp³-hybridized carbons (Fsp3) is 0.333. The summed E-state index contributed by atoms with van der Waals surface area (Å²) >= 11 is 1.59.